The lowest BCUT2D eigenvalue weighted by molar-refractivity contribution is 0.624. The number of hydrogen-bond acceptors (Lipinski definition) is 6. The topological polar surface area (TPSA) is 68.5 Å². The molecule has 9 heteroatoms. The fourth-order valence-corrected chi connectivity index (χ4v) is 3.13. The summed E-state index contributed by atoms with van der Waals surface area (Å²) in [5, 5.41) is 12.7. The number of aromatic nitrogens is 5. The van der Waals surface area contributed by atoms with E-state index in [1.54, 1.807) is 28.9 Å². The maximum absolute atomic E-state index is 13.4. The molecule has 0 amide bonds. The number of benzene rings is 2. The summed E-state index contributed by atoms with van der Waals surface area (Å²) in [6.45, 7) is 1.84. The van der Waals surface area contributed by atoms with E-state index in [-0.39, 0.29) is 5.82 Å². The predicted octanol–water partition coefficient (Wildman–Crippen LogP) is 4.63. The van der Waals surface area contributed by atoms with E-state index in [2.05, 4.69) is 25.0 Å². The number of nitrogens with zero attached hydrogens (tertiary/aromatic N) is 5. The largest absolute Gasteiger partial charge is 0.330 e. The Bertz CT molecular complexity index is 1060. The lowest BCUT2D eigenvalue weighted by Gasteiger charge is -2.02. The van der Waals surface area contributed by atoms with Crippen LogP contribution in [0.25, 0.3) is 17.2 Å². The molecule has 4 rings (SSSR count). The SMILES string of the molecule is Cc1c(-c2nsc(Nc3ccc(Cl)cc3)n2)nnn1-c1cccc(F)c1. The average molecular weight is 387 g/mol. The summed E-state index contributed by atoms with van der Waals surface area (Å²) in [4.78, 5) is 4.46. The van der Waals surface area contributed by atoms with E-state index < -0.39 is 0 Å². The second kappa shape index (κ2) is 6.81. The van der Waals surface area contributed by atoms with E-state index in [1.165, 1.54) is 23.7 Å². The third-order valence-corrected chi connectivity index (χ3v) is 4.56. The van der Waals surface area contributed by atoms with Crippen LogP contribution in [0.3, 0.4) is 0 Å². The molecule has 0 aliphatic rings. The van der Waals surface area contributed by atoms with Crippen LogP contribution in [0, 0.1) is 12.7 Å². The summed E-state index contributed by atoms with van der Waals surface area (Å²) in [5.74, 6) is 0.131. The van der Waals surface area contributed by atoms with Crippen molar-refractivity contribution >= 4 is 34.0 Å². The van der Waals surface area contributed by atoms with Crippen LogP contribution in [-0.4, -0.2) is 24.4 Å². The van der Waals surface area contributed by atoms with Crippen molar-refractivity contribution in [3.8, 4) is 17.2 Å². The van der Waals surface area contributed by atoms with Crippen molar-refractivity contribution in [2.75, 3.05) is 5.32 Å². The highest BCUT2D eigenvalue weighted by Crippen LogP contribution is 2.26. The van der Waals surface area contributed by atoms with Crippen molar-refractivity contribution < 1.29 is 4.39 Å². The zero-order valence-corrected chi connectivity index (χ0v) is 15.1. The molecule has 2 aromatic carbocycles. The lowest BCUT2D eigenvalue weighted by Crippen LogP contribution is -1.99. The Kier molecular flexibility index (Phi) is 4.36. The summed E-state index contributed by atoms with van der Waals surface area (Å²) < 4.78 is 19.3. The van der Waals surface area contributed by atoms with Crippen molar-refractivity contribution in [2.24, 2.45) is 0 Å². The monoisotopic (exact) mass is 386 g/mol. The van der Waals surface area contributed by atoms with Gasteiger partial charge in [0, 0.05) is 22.2 Å². The van der Waals surface area contributed by atoms with E-state index >= 15 is 0 Å². The molecule has 0 aliphatic heterocycles. The summed E-state index contributed by atoms with van der Waals surface area (Å²) in [5.41, 5.74) is 2.73. The fraction of sp³-hybridized carbons (Fsp3) is 0.0588. The van der Waals surface area contributed by atoms with Gasteiger partial charge < -0.3 is 5.32 Å². The molecule has 0 radical (unpaired) electrons. The molecule has 0 spiro atoms. The number of hydrogen-bond donors (Lipinski definition) is 1. The van der Waals surface area contributed by atoms with Crippen molar-refractivity contribution in [1.82, 2.24) is 24.4 Å². The van der Waals surface area contributed by atoms with Crippen molar-refractivity contribution in [3.63, 3.8) is 0 Å². The van der Waals surface area contributed by atoms with Gasteiger partial charge in [-0.2, -0.15) is 9.36 Å². The average Bonchev–Trinajstić information content (AvgIpc) is 3.23. The zero-order valence-electron chi connectivity index (χ0n) is 13.5. The molecule has 0 unspecified atom stereocenters. The van der Waals surface area contributed by atoms with E-state index in [0.29, 0.717) is 27.4 Å². The molecule has 0 saturated carbocycles. The van der Waals surface area contributed by atoms with Crippen LogP contribution in [0.2, 0.25) is 5.02 Å². The minimum absolute atomic E-state index is 0.333. The van der Waals surface area contributed by atoms with Gasteiger partial charge in [0.15, 0.2) is 11.5 Å². The van der Waals surface area contributed by atoms with Gasteiger partial charge in [-0.3, -0.25) is 0 Å². The smallest absolute Gasteiger partial charge is 0.207 e. The van der Waals surface area contributed by atoms with Crippen LogP contribution in [0.4, 0.5) is 15.2 Å². The van der Waals surface area contributed by atoms with E-state index in [1.807, 2.05) is 19.1 Å². The maximum atomic E-state index is 13.4. The van der Waals surface area contributed by atoms with Crippen molar-refractivity contribution in [1.29, 1.82) is 0 Å². The molecule has 0 atom stereocenters. The fourth-order valence-electron chi connectivity index (χ4n) is 2.42. The van der Waals surface area contributed by atoms with Gasteiger partial charge in [-0.25, -0.2) is 9.07 Å². The van der Waals surface area contributed by atoms with Crippen molar-refractivity contribution in [2.45, 2.75) is 6.92 Å². The highest BCUT2D eigenvalue weighted by atomic mass is 35.5. The second-order valence-electron chi connectivity index (χ2n) is 5.47. The minimum Gasteiger partial charge on any atom is -0.330 e. The van der Waals surface area contributed by atoms with Crippen LogP contribution < -0.4 is 5.32 Å². The molecule has 0 bridgehead atoms. The molecule has 0 aliphatic carbocycles. The van der Waals surface area contributed by atoms with Crippen LogP contribution in [0.1, 0.15) is 5.69 Å². The van der Waals surface area contributed by atoms with Gasteiger partial charge in [-0.1, -0.05) is 22.9 Å². The second-order valence-corrected chi connectivity index (χ2v) is 6.66. The van der Waals surface area contributed by atoms with Crippen LogP contribution in [0.5, 0.6) is 0 Å². The van der Waals surface area contributed by atoms with E-state index in [4.69, 9.17) is 11.6 Å². The van der Waals surface area contributed by atoms with Gasteiger partial charge >= 0.3 is 0 Å². The quantitative estimate of drug-likeness (QED) is 0.553. The summed E-state index contributed by atoms with van der Waals surface area (Å²) in [6.07, 6.45) is 0. The first-order chi connectivity index (χ1) is 12.6. The van der Waals surface area contributed by atoms with Crippen LogP contribution in [-0.2, 0) is 0 Å². The molecule has 2 heterocycles. The van der Waals surface area contributed by atoms with Crippen LogP contribution in [0.15, 0.2) is 48.5 Å². The van der Waals surface area contributed by atoms with Gasteiger partial charge in [-0.05, 0) is 49.4 Å². The molecule has 1 N–H and O–H groups in total. The normalized spacial score (nSPS) is 10.9. The van der Waals surface area contributed by atoms with Gasteiger partial charge in [-0.15, -0.1) is 5.10 Å². The number of nitrogens with one attached hydrogen (secondary N) is 1. The minimum atomic E-state index is -0.333. The molecular weight excluding hydrogens is 375 g/mol. The van der Waals surface area contributed by atoms with Gasteiger partial charge in [0.1, 0.15) is 5.82 Å². The van der Waals surface area contributed by atoms with Crippen molar-refractivity contribution in [3.05, 3.63) is 65.1 Å². The molecular formula is C17H12ClFN6S. The maximum Gasteiger partial charge on any atom is 0.207 e. The number of rotatable bonds is 4. The number of halogens is 2. The highest BCUT2D eigenvalue weighted by molar-refractivity contribution is 7.09. The summed E-state index contributed by atoms with van der Waals surface area (Å²) in [6, 6.07) is 13.5. The van der Waals surface area contributed by atoms with Gasteiger partial charge in [0.25, 0.3) is 0 Å². The standard InChI is InChI=1S/C17H12ClFN6S/c1-10-15(22-24-25(10)14-4-2-3-12(19)9-14)16-21-17(26-23-16)20-13-7-5-11(18)6-8-13/h2-9H,1H3,(H,20,21,23). The van der Waals surface area contributed by atoms with Gasteiger partial charge in [0.05, 0.1) is 11.4 Å². The van der Waals surface area contributed by atoms with Gasteiger partial charge in [0.2, 0.25) is 5.13 Å². The summed E-state index contributed by atoms with van der Waals surface area (Å²) in [7, 11) is 0. The Hall–Kier alpha value is -2.84. The predicted molar refractivity (Wildman–Crippen MR) is 99.7 cm³/mol. The highest BCUT2D eigenvalue weighted by Gasteiger charge is 2.17. The molecule has 4 aromatic rings. The first-order valence-corrected chi connectivity index (χ1v) is 8.80. The van der Waals surface area contributed by atoms with E-state index in [9.17, 15) is 4.39 Å². The molecule has 26 heavy (non-hydrogen) atoms. The van der Waals surface area contributed by atoms with E-state index in [0.717, 1.165) is 11.4 Å². The lowest BCUT2D eigenvalue weighted by atomic mass is 10.3. The molecule has 6 nitrogen and oxygen atoms in total. The zero-order chi connectivity index (χ0) is 18.1. The Labute approximate surface area is 157 Å². The molecule has 0 fully saturated rings. The third kappa shape index (κ3) is 3.29. The third-order valence-electron chi connectivity index (χ3n) is 3.68. The molecule has 130 valence electrons. The number of anilines is 2. The Morgan fingerprint density at radius 1 is 1.15 bits per heavy atom. The molecule has 0 saturated heterocycles. The summed E-state index contributed by atoms with van der Waals surface area (Å²) >= 11 is 7.10. The Balaban J connectivity index is 1.61. The molecule has 2 aromatic heterocycles. The Morgan fingerprint density at radius 3 is 2.73 bits per heavy atom. The van der Waals surface area contributed by atoms with Crippen LogP contribution >= 0.6 is 23.1 Å². The first-order valence-electron chi connectivity index (χ1n) is 7.65. The Morgan fingerprint density at radius 2 is 1.96 bits per heavy atom. The first kappa shape index (κ1) is 16.6.